The predicted molar refractivity (Wildman–Crippen MR) is 67.8 cm³/mol. The van der Waals surface area contributed by atoms with Gasteiger partial charge < -0.3 is 4.74 Å². The minimum atomic E-state index is -3.84. The molecule has 2 aromatic rings. The molecule has 1 heterocycles. The molecule has 0 aliphatic rings. The number of benzene rings is 1. The van der Waals surface area contributed by atoms with Crippen molar-refractivity contribution in [2.45, 2.75) is 4.90 Å². The van der Waals surface area contributed by atoms with Crippen molar-refractivity contribution >= 4 is 33.2 Å². The van der Waals surface area contributed by atoms with Crippen molar-refractivity contribution in [3.05, 3.63) is 40.6 Å². The van der Waals surface area contributed by atoms with Crippen molar-refractivity contribution in [2.75, 3.05) is 7.11 Å². The second-order valence-electron chi connectivity index (χ2n) is 3.30. The number of halogens is 2. The molecule has 0 spiro atoms. The fourth-order valence-electron chi connectivity index (χ4n) is 1.36. The van der Waals surface area contributed by atoms with E-state index in [1.165, 1.54) is 37.7 Å². The largest absolute Gasteiger partial charge is 0.495 e. The third-order valence-corrected chi connectivity index (χ3v) is 4.53. The van der Waals surface area contributed by atoms with Crippen molar-refractivity contribution in [1.29, 1.82) is 0 Å². The lowest BCUT2D eigenvalue weighted by Crippen LogP contribution is -2.14. The Morgan fingerprint density at radius 1 is 1.28 bits per heavy atom. The van der Waals surface area contributed by atoms with E-state index in [-0.39, 0.29) is 14.9 Å². The maximum Gasteiger partial charge on any atom is 0.284 e. The summed E-state index contributed by atoms with van der Waals surface area (Å²) < 4.78 is 30.1. The van der Waals surface area contributed by atoms with Crippen molar-refractivity contribution in [3.8, 4) is 5.75 Å². The summed E-state index contributed by atoms with van der Waals surface area (Å²) in [6.07, 6.45) is 2.67. The van der Waals surface area contributed by atoms with Crippen LogP contribution in [0.2, 0.25) is 10.0 Å². The molecule has 0 atom stereocenters. The van der Waals surface area contributed by atoms with Crippen molar-refractivity contribution in [3.63, 3.8) is 0 Å². The van der Waals surface area contributed by atoms with Gasteiger partial charge in [0.15, 0.2) is 0 Å². The van der Waals surface area contributed by atoms with E-state index in [0.29, 0.717) is 5.75 Å². The van der Waals surface area contributed by atoms with Gasteiger partial charge in [-0.1, -0.05) is 23.2 Å². The molecule has 0 unspecified atom stereocenters. The van der Waals surface area contributed by atoms with Crippen LogP contribution in [0.5, 0.6) is 5.75 Å². The number of methoxy groups -OCH3 is 1. The Balaban J connectivity index is 2.63. The highest BCUT2D eigenvalue weighted by molar-refractivity contribution is 7.90. The van der Waals surface area contributed by atoms with Gasteiger partial charge in [0.1, 0.15) is 10.6 Å². The van der Waals surface area contributed by atoms with Gasteiger partial charge in [-0.05, 0) is 12.1 Å². The van der Waals surface area contributed by atoms with Crippen LogP contribution in [0.1, 0.15) is 0 Å². The SMILES string of the molecule is COc1cc(Cl)c(S(=O)(=O)n2cccn2)cc1Cl. The normalized spacial score (nSPS) is 11.5. The van der Waals surface area contributed by atoms with Gasteiger partial charge in [-0.2, -0.15) is 17.6 Å². The molecule has 18 heavy (non-hydrogen) atoms. The third kappa shape index (κ3) is 2.19. The molecule has 0 saturated carbocycles. The van der Waals surface area contributed by atoms with Gasteiger partial charge in [0, 0.05) is 12.3 Å². The summed E-state index contributed by atoms with van der Waals surface area (Å²) in [5.41, 5.74) is 0. The van der Waals surface area contributed by atoms with Gasteiger partial charge in [-0.25, -0.2) is 0 Å². The van der Waals surface area contributed by atoms with Gasteiger partial charge in [0.05, 0.1) is 23.4 Å². The first kappa shape index (κ1) is 13.2. The lowest BCUT2D eigenvalue weighted by molar-refractivity contribution is 0.414. The third-order valence-electron chi connectivity index (χ3n) is 2.21. The van der Waals surface area contributed by atoms with Crippen molar-refractivity contribution < 1.29 is 13.2 Å². The van der Waals surface area contributed by atoms with Crippen LogP contribution in [0.15, 0.2) is 35.5 Å². The number of hydrogen-bond donors (Lipinski definition) is 0. The van der Waals surface area contributed by atoms with Crippen LogP contribution in [0, 0.1) is 0 Å². The summed E-state index contributed by atoms with van der Waals surface area (Å²) in [6, 6.07) is 4.08. The summed E-state index contributed by atoms with van der Waals surface area (Å²) in [4.78, 5) is -0.126. The number of ether oxygens (including phenoxy) is 1. The van der Waals surface area contributed by atoms with E-state index in [1.54, 1.807) is 0 Å². The van der Waals surface area contributed by atoms with E-state index in [0.717, 1.165) is 4.09 Å². The molecule has 0 aliphatic heterocycles. The molecule has 2 rings (SSSR count). The molecule has 5 nitrogen and oxygen atoms in total. The Morgan fingerprint density at radius 3 is 2.56 bits per heavy atom. The first-order valence-electron chi connectivity index (χ1n) is 4.75. The first-order chi connectivity index (χ1) is 8.46. The topological polar surface area (TPSA) is 61.2 Å². The number of aromatic nitrogens is 2. The average Bonchev–Trinajstić information content (AvgIpc) is 2.85. The Kier molecular flexibility index (Phi) is 3.52. The maximum absolute atomic E-state index is 12.2. The second-order valence-corrected chi connectivity index (χ2v) is 5.88. The van der Waals surface area contributed by atoms with Crippen LogP contribution in [0.4, 0.5) is 0 Å². The molecule has 0 fully saturated rings. The van der Waals surface area contributed by atoms with Crippen LogP contribution >= 0.6 is 23.2 Å². The molecule has 1 aromatic heterocycles. The van der Waals surface area contributed by atoms with E-state index < -0.39 is 10.0 Å². The zero-order valence-electron chi connectivity index (χ0n) is 9.17. The summed E-state index contributed by atoms with van der Waals surface area (Å²) in [6.45, 7) is 0. The van der Waals surface area contributed by atoms with Crippen LogP contribution in [-0.2, 0) is 10.0 Å². The molecule has 0 radical (unpaired) electrons. The van der Waals surface area contributed by atoms with Gasteiger partial charge in [-0.3, -0.25) is 0 Å². The highest BCUT2D eigenvalue weighted by atomic mass is 35.5. The van der Waals surface area contributed by atoms with E-state index >= 15 is 0 Å². The summed E-state index contributed by atoms with van der Waals surface area (Å²) in [5.74, 6) is 0.307. The lowest BCUT2D eigenvalue weighted by atomic mass is 10.3. The predicted octanol–water partition coefficient (Wildman–Crippen LogP) is 2.44. The lowest BCUT2D eigenvalue weighted by Gasteiger charge is -2.09. The van der Waals surface area contributed by atoms with E-state index in [9.17, 15) is 8.42 Å². The molecule has 8 heteroatoms. The Morgan fingerprint density at radius 2 is 2.00 bits per heavy atom. The molecular formula is C10H8Cl2N2O3S. The van der Waals surface area contributed by atoms with E-state index in [2.05, 4.69) is 5.10 Å². The zero-order chi connectivity index (χ0) is 13.3. The Bertz CT molecular complexity index is 669. The highest BCUT2D eigenvalue weighted by Crippen LogP contribution is 2.33. The van der Waals surface area contributed by atoms with Gasteiger partial charge in [0.25, 0.3) is 10.0 Å². The molecule has 0 N–H and O–H groups in total. The monoisotopic (exact) mass is 306 g/mol. The first-order valence-corrected chi connectivity index (χ1v) is 6.94. The van der Waals surface area contributed by atoms with E-state index in [1.807, 2.05) is 0 Å². The fourth-order valence-corrected chi connectivity index (χ4v) is 3.30. The molecule has 0 bridgehead atoms. The number of nitrogens with zero attached hydrogens (tertiary/aromatic N) is 2. The van der Waals surface area contributed by atoms with Gasteiger partial charge >= 0.3 is 0 Å². The summed E-state index contributed by atoms with van der Waals surface area (Å²) in [7, 11) is -2.42. The van der Waals surface area contributed by atoms with Crippen LogP contribution in [0.3, 0.4) is 0 Å². The molecule has 96 valence electrons. The zero-order valence-corrected chi connectivity index (χ0v) is 11.5. The number of hydrogen-bond acceptors (Lipinski definition) is 4. The smallest absolute Gasteiger partial charge is 0.284 e. The maximum atomic E-state index is 12.2. The quantitative estimate of drug-likeness (QED) is 0.874. The number of rotatable bonds is 3. The summed E-state index contributed by atoms with van der Waals surface area (Å²) >= 11 is 11.8. The van der Waals surface area contributed by atoms with Crippen LogP contribution < -0.4 is 4.74 Å². The Hall–Kier alpha value is -1.24. The molecule has 0 amide bonds. The molecular weight excluding hydrogens is 299 g/mol. The minimum absolute atomic E-state index is 0.0201. The second kappa shape index (κ2) is 4.79. The van der Waals surface area contributed by atoms with Crippen LogP contribution in [0.25, 0.3) is 0 Å². The Labute approximate surface area is 114 Å². The average molecular weight is 307 g/mol. The molecule has 1 aromatic carbocycles. The molecule has 0 saturated heterocycles. The van der Waals surface area contributed by atoms with Gasteiger partial charge in [-0.15, -0.1) is 0 Å². The summed E-state index contributed by atoms with van der Waals surface area (Å²) in [5, 5.41) is 3.85. The highest BCUT2D eigenvalue weighted by Gasteiger charge is 2.22. The molecule has 0 aliphatic carbocycles. The van der Waals surface area contributed by atoms with Crippen molar-refractivity contribution in [1.82, 2.24) is 9.19 Å². The van der Waals surface area contributed by atoms with Gasteiger partial charge in [0.2, 0.25) is 0 Å². The standard InChI is InChI=1S/C10H8Cl2N2O3S/c1-17-9-5-8(12)10(6-7(9)11)18(15,16)14-4-2-3-13-14/h2-6H,1H3. The van der Waals surface area contributed by atoms with Crippen LogP contribution in [-0.4, -0.2) is 24.7 Å². The van der Waals surface area contributed by atoms with Crippen molar-refractivity contribution in [2.24, 2.45) is 0 Å². The van der Waals surface area contributed by atoms with E-state index in [4.69, 9.17) is 27.9 Å². The fraction of sp³-hybridized carbons (Fsp3) is 0.100. The minimum Gasteiger partial charge on any atom is -0.495 e.